The van der Waals surface area contributed by atoms with Gasteiger partial charge >= 0.3 is 0 Å². The number of hydrogen-bond donors (Lipinski definition) is 0. The number of thiophene rings is 3. The van der Waals surface area contributed by atoms with Gasteiger partial charge in [0.2, 0.25) is 0 Å². The highest BCUT2D eigenvalue weighted by molar-refractivity contribution is 7.14. The van der Waals surface area contributed by atoms with Crippen molar-refractivity contribution in [1.29, 1.82) is 0 Å². The molecule has 7 rings (SSSR count). The number of rotatable bonds is 6. The van der Waals surface area contributed by atoms with Gasteiger partial charge in [-0.15, -0.1) is 34.0 Å². The lowest BCUT2D eigenvalue weighted by Gasteiger charge is -2.10. The fourth-order valence-corrected chi connectivity index (χ4v) is 6.64. The summed E-state index contributed by atoms with van der Waals surface area (Å²) in [5, 5.41) is 6.30. The van der Waals surface area contributed by atoms with Crippen LogP contribution in [0.15, 0.2) is 125 Å². The Morgan fingerprint density at radius 2 is 0.564 bits per heavy atom. The van der Waals surface area contributed by atoms with Crippen molar-refractivity contribution in [3.05, 3.63) is 125 Å². The molecule has 0 fully saturated rings. The van der Waals surface area contributed by atoms with Gasteiger partial charge in [0.05, 0.1) is 0 Å². The van der Waals surface area contributed by atoms with Crippen molar-refractivity contribution in [2.24, 2.45) is 0 Å². The van der Waals surface area contributed by atoms with E-state index < -0.39 is 0 Å². The van der Waals surface area contributed by atoms with Crippen molar-refractivity contribution in [3.63, 3.8) is 0 Å². The van der Waals surface area contributed by atoms with E-state index in [0.29, 0.717) is 17.5 Å². The molecule has 0 atom stereocenters. The maximum absolute atomic E-state index is 4.93. The molecule has 0 aliphatic carbocycles. The molecule has 4 aromatic heterocycles. The van der Waals surface area contributed by atoms with Gasteiger partial charge < -0.3 is 0 Å². The van der Waals surface area contributed by atoms with Crippen LogP contribution in [-0.4, -0.2) is 15.0 Å². The summed E-state index contributed by atoms with van der Waals surface area (Å²) in [6, 6.07) is 38.0. The van der Waals surface area contributed by atoms with Crippen molar-refractivity contribution >= 4 is 34.0 Å². The largest absolute Gasteiger partial charge is 0.208 e. The molecule has 0 radical (unpaired) electrons. The molecule has 3 aromatic carbocycles. The van der Waals surface area contributed by atoms with E-state index in [2.05, 4.69) is 125 Å². The van der Waals surface area contributed by atoms with Gasteiger partial charge in [0, 0.05) is 31.3 Å². The summed E-state index contributed by atoms with van der Waals surface area (Å²) in [6.45, 7) is 0. The van der Waals surface area contributed by atoms with Crippen LogP contribution in [0, 0.1) is 0 Å². The summed E-state index contributed by atoms with van der Waals surface area (Å²) in [5.41, 5.74) is 6.46. The highest BCUT2D eigenvalue weighted by atomic mass is 32.1. The summed E-state index contributed by atoms with van der Waals surface area (Å²) in [5.74, 6) is 1.99. The Balaban J connectivity index is 1.30. The van der Waals surface area contributed by atoms with Crippen LogP contribution in [0.2, 0.25) is 0 Å². The van der Waals surface area contributed by atoms with Gasteiger partial charge in [-0.05, 0) is 51.0 Å². The third-order valence-electron chi connectivity index (χ3n) is 6.48. The highest BCUT2D eigenvalue weighted by Crippen LogP contribution is 2.32. The zero-order chi connectivity index (χ0) is 26.0. The third-order valence-corrected chi connectivity index (χ3v) is 9.24. The monoisotopic (exact) mass is 555 g/mol. The first-order valence-corrected chi connectivity index (χ1v) is 15.1. The molecule has 39 heavy (non-hydrogen) atoms. The Bertz CT molecular complexity index is 1570. The Hall–Kier alpha value is -4.23. The van der Waals surface area contributed by atoms with Gasteiger partial charge in [-0.2, -0.15) is 0 Å². The van der Waals surface area contributed by atoms with Crippen LogP contribution in [0.1, 0.15) is 0 Å². The Morgan fingerprint density at radius 1 is 0.308 bits per heavy atom. The van der Waals surface area contributed by atoms with Crippen LogP contribution in [0.4, 0.5) is 0 Å². The molecule has 6 heteroatoms. The zero-order valence-electron chi connectivity index (χ0n) is 20.7. The van der Waals surface area contributed by atoms with E-state index >= 15 is 0 Å². The second kappa shape index (κ2) is 10.5. The normalized spacial score (nSPS) is 11.1. The van der Waals surface area contributed by atoms with E-state index in [1.54, 1.807) is 34.0 Å². The fraction of sp³-hybridized carbons (Fsp3) is 0. The first-order chi connectivity index (χ1) is 19.3. The first kappa shape index (κ1) is 23.9. The average Bonchev–Trinajstić information content (AvgIpc) is 3.82. The molecule has 0 spiro atoms. The summed E-state index contributed by atoms with van der Waals surface area (Å²) in [7, 11) is 0. The van der Waals surface area contributed by atoms with E-state index in [1.807, 2.05) is 0 Å². The van der Waals surface area contributed by atoms with Crippen molar-refractivity contribution in [2.75, 3.05) is 0 Å². The Kier molecular flexibility index (Phi) is 6.42. The van der Waals surface area contributed by atoms with E-state index in [-0.39, 0.29) is 0 Å². The van der Waals surface area contributed by atoms with Gasteiger partial charge in [0.15, 0.2) is 17.5 Å². The van der Waals surface area contributed by atoms with Crippen LogP contribution in [-0.2, 0) is 0 Å². The predicted octanol–water partition coefficient (Wildman–Crippen LogP) is 10.1. The second-order valence-corrected chi connectivity index (χ2v) is 11.8. The minimum absolute atomic E-state index is 0.664. The number of nitrogens with zero attached hydrogens (tertiary/aromatic N) is 3. The maximum Gasteiger partial charge on any atom is 0.164 e. The molecule has 0 saturated heterocycles. The average molecular weight is 556 g/mol. The fourth-order valence-electron chi connectivity index (χ4n) is 4.44. The summed E-state index contributed by atoms with van der Waals surface area (Å²) in [4.78, 5) is 18.5. The van der Waals surface area contributed by atoms with Crippen LogP contribution >= 0.6 is 34.0 Å². The lowest BCUT2D eigenvalue weighted by molar-refractivity contribution is 1.07. The Labute approximate surface area is 238 Å². The van der Waals surface area contributed by atoms with E-state index in [0.717, 1.165) is 16.7 Å². The van der Waals surface area contributed by atoms with Crippen molar-refractivity contribution in [2.45, 2.75) is 0 Å². The van der Waals surface area contributed by atoms with Gasteiger partial charge in [-0.1, -0.05) is 91.0 Å². The molecule has 0 aliphatic rings. The van der Waals surface area contributed by atoms with Crippen molar-refractivity contribution < 1.29 is 0 Å². The minimum atomic E-state index is 0.664. The SMILES string of the molecule is c1csc(-c2ccc(-c3nc(-c4ccc(-c5cccs5)cc4)nc(-c4ccc(-c5cccs5)cc4)n3)cc2)c1. The molecule has 0 amide bonds. The predicted molar refractivity (Wildman–Crippen MR) is 166 cm³/mol. The second-order valence-electron chi connectivity index (χ2n) is 8.97. The molecule has 186 valence electrons. The molecule has 0 unspecified atom stereocenters. The summed E-state index contributed by atoms with van der Waals surface area (Å²) in [6.07, 6.45) is 0. The summed E-state index contributed by atoms with van der Waals surface area (Å²) < 4.78 is 0. The third kappa shape index (κ3) is 4.98. The van der Waals surface area contributed by atoms with E-state index in [1.165, 1.54) is 31.3 Å². The summed E-state index contributed by atoms with van der Waals surface area (Å²) >= 11 is 5.21. The molecule has 0 bridgehead atoms. The molecule has 7 aromatic rings. The standard InChI is InChI=1S/C33H21N3S3/c1-4-28(37-19-1)22-7-13-25(14-8-22)31-34-32(26-15-9-23(10-16-26)29-5-2-20-38-29)36-33(35-31)27-17-11-24(12-18-27)30-6-3-21-39-30/h1-21H. The molecule has 0 aliphatic heterocycles. The van der Waals surface area contributed by atoms with Gasteiger partial charge in [0.1, 0.15) is 0 Å². The quantitative estimate of drug-likeness (QED) is 0.205. The van der Waals surface area contributed by atoms with Gasteiger partial charge in [0.25, 0.3) is 0 Å². The van der Waals surface area contributed by atoms with Crippen molar-refractivity contribution in [1.82, 2.24) is 15.0 Å². The highest BCUT2D eigenvalue weighted by Gasteiger charge is 2.13. The maximum atomic E-state index is 4.93. The molecule has 3 nitrogen and oxygen atoms in total. The number of hydrogen-bond acceptors (Lipinski definition) is 6. The number of aromatic nitrogens is 3. The minimum Gasteiger partial charge on any atom is -0.208 e. The smallest absolute Gasteiger partial charge is 0.164 e. The number of benzene rings is 3. The van der Waals surface area contributed by atoms with Crippen LogP contribution in [0.5, 0.6) is 0 Å². The molecule has 0 N–H and O–H groups in total. The lowest BCUT2D eigenvalue weighted by Crippen LogP contribution is -2.00. The van der Waals surface area contributed by atoms with E-state index in [4.69, 9.17) is 15.0 Å². The van der Waals surface area contributed by atoms with Crippen LogP contribution < -0.4 is 0 Å². The first-order valence-electron chi connectivity index (χ1n) is 12.5. The van der Waals surface area contributed by atoms with Gasteiger partial charge in [-0.25, -0.2) is 15.0 Å². The van der Waals surface area contributed by atoms with Gasteiger partial charge in [-0.3, -0.25) is 0 Å². The molecular weight excluding hydrogens is 535 g/mol. The van der Waals surface area contributed by atoms with Crippen LogP contribution in [0.25, 0.3) is 65.5 Å². The zero-order valence-corrected chi connectivity index (χ0v) is 23.1. The van der Waals surface area contributed by atoms with Crippen LogP contribution in [0.3, 0.4) is 0 Å². The van der Waals surface area contributed by atoms with E-state index in [9.17, 15) is 0 Å². The van der Waals surface area contributed by atoms with Crippen molar-refractivity contribution in [3.8, 4) is 65.5 Å². The molecule has 0 saturated carbocycles. The lowest BCUT2D eigenvalue weighted by atomic mass is 10.1. The molecule has 4 heterocycles. The molecular formula is C33H21N3S3. The Morgan fingerprint density at radius 3 is 0.795 bits per heavy atom. The topological polar surface area (TPSA) is 38.7 Å².